The highest BCUT2D eigenvalue weighted by atomic mass is 15.2. The number of fused-ring (bicyclic) bond motifs is 3. The zero-order valence-corrected chi connectivity index (χ0v) is 22.3. The minimum absolute atomic E-state index is 0.119. The van der Waals surface area contributed by atoms with Crippen LogP contribution < -0.4 is 10.2 Å². The van der Waals surface area contributed by atoms with E-state index in [1.165, 1.54) is 70.8 Å². The van der Waals surface area contributed by atoms with Gasteiger partial charge >= 0.3 is 0 Å². The summed E-state index contributed by atoms with van der Waals surface area (Å²) in [7, 11) is 0. The number of nitrogens with zero attached hydrogens (tertiary/aromatic N) is 3. The van der Waals surface area contributed by atoms with Crippen molar-refractivity contribution < 1.29 is 0 Å². The average Bonchev–Trinajstić information content (AvgIpc) is 3.11. The predicted molar refractivity (Wildman–Crippen MR) is 151 cm³/mol. The number of nitrogens with one attached hydrogen (secondary N) is 1. The summed E-state index contributed by atoms with van der Waals surface area (Å²) < 4.78 is 0. The van der Waals surface area contributed by atoms with Gasteiger partial charge < -0.3 is 15.1 Å². The molecular weight excluding hydrogens is 440 g/mol. The molecule has 1 saturated carbocycles. The Kier molecular flexibility index (Phi) is 6.19. The maximum absolute atomic E-state index is 4.99. The van der Waals surface area contributed by atoms with E-state index in [9.17, 15) is 0 Å². The van der Waals surface area contributed by atoms with Crippen LogP contribution in [0.4, 0.5) is 11.5 Å². The van der Waals surface area contributed by atoms with Crippen LogP contribution in [0.3, 0.4) is 0 Å². The summed E-state index contributed by atoms with van der Waals surface area (Å²) in [5, 5.41) is 3.59. The molecule has 1 aromatic carbocycles. The topological polar surface area (TPSA) is 31.4 Å². The van der Waals surface area contributed by atoms with E-state index in [-0.39, 0.29) is 5.41 Å². The molecule has 36 heavy (non-hydrogen) atoms. The Balaban J connectivity index is 1.04. The average molecular weight is 483 g/mol. The van der Waals surface area contributed by atoms with Crippen molar-refractivity contribution in [1.29, 1.82) is 0 Å². The van der Waals surface area contributed by atoms with Crippen molar-refractivity contribution in [3.63, 3.8) is 0 Å². The zero-order valence-electron chi connectivity index (χ0n) is 22.3. The van der Waals surface area contributed by atoms with Crippen LogP contribution in [0.2, 0.25) is 0 Å². The number of piperidine rings is 1. The fourth-order valence-corrected chi connectivity index (χ4v) is 7.16. The van der Waals surface area contributed by atoms with Crippen LogP contribution in [-0.2, 0) is 18.3 Å². The fraction of sp³-hybridized carbons (Fsp3) is 0.531. The number of aromatic nitrogens is 1. The monoisotopic (exact) mass is 482 g/mol. The number of anilines is 2. The van der Waals surface area contributed by atoms with E-state index < -0.39 is 0 Å². The van der Waals surface area contributed by atoms with Gasteiger partial charge in [0.2, 0.25) is 0 Å². The van der Waals surface area contributed by atoms with Crippen molar-refractivity contribution in [2.45, 2.75) is 83.1 Å². The Morgan fingerprint density at radius 2 is 1.92 bits per heavy atom. The van der Waals surface area contributed by atoms with E-state index in [2.05, 4.69) is 72.6 Å². The lowest BCUT2D eigenvalue weighted by atomic mass is 9.72. The Labute approximate surface area is 217 Å². The molecule has 0 radical (unpaired) electrons. The van der Waals surface area contributed by atoms with Crippen LogP contribution in [-0.4, -0.2) is 35.6 Å². The van der Waals surface area contributed by atoms with Gasteiger partial charge in [-0.25, -0.2) is 4.98 Å². The smallest absolute Gasteiger partial charge is 0.136 e. The van der Waals surface area contributed by atoms with E-state index in [1.807, 2.05) is 0 Å². The second-order valence-electron chi connectivity index (χ2n) is 11.8. The van der Waals surface area contributed by atoms with Gasteiger partial charge in [0.25, 0.3) is 0 Å². The number of pyridine rings is 1. The van der Waals surface area contributed by atoms with Gasteiger partial charge in [-0.05, 0) is 107 Å². The van der Waals surface area contributed by atoms with Crippen molar-refractivity contribution in [3.8, 4) is 0 Å². The molecule has 1 saturated heterocycles. The molecule has 4 aliphatic rings. The SMILES string of the molecule is C=C1CCc2cc(CCCN3CCC4(CC3)C(=C)Nc3ccc(C)cc34)cnc2N1C1CC(CC)C1. The molecule has 4 heterocycles. The Bertz CT molecular complexity index is 1170. The van der Waals surface area contributed by atoms with E-state index >= 15 is 0 Å². The number of benzene rings is 1. The highest BCUT2D eigenvalue weighted by Crippen LogP contribution is 2.49. The van der Waals surface area contributed by atoms with E-state index in [4.69, 9.17) is 4.98 Å². The van der Waals surface area contributed by atoms with Crippen molar-refractivity contribution in [3.05, 3.63) is 77.3 Å². The lowest BCUT2D eigenvalue weighted by Gasteiger charge is -2.46. The maximum Gasteiger partial charge on any atom is 0.136 e. The molecule has 4 heteroatoms. The lowest BCUT2D eigenvalue weighted by molar-refractivity contribution is 0.179. The molecule has 0 atom stereocenters. The summed E-state index contributed by atoms with van der Waals surface area (Å²) in [5.74, 6) is 2.08. The van der Waals surface area contributed by atoms with Crippen molar-refractivity contribution in [2.24, 2.45) is 5.92 Å². The molecule has 6 rings (SSSR count). The summed E-state index contributed by atoms with van der Waals surface area (Å²) in [6, 6.07) is 9.86. The Morgan fingerprint density at radius 1 is 1.11 bits per heavy atom. The largest absolute Gasteiger partial charge is 0.358 e. The second-order valence-corrected chi connectivity index (χ2v) is 11.8. The molecule has 0 amide bonds. The van der Waals surface area contributed by atoms with Crippen molar-refractivity contribution in [1.82, 2.24) is 9.88 Å². The van der Waals surface area contributed by atoms with E-state index in [0.29, 0.717) is 6.04 Å². The summed E-state index contributed by atoms with van der Waals surface area (Å²) in [6.45, 7) is 16.8. The molecule has 3 aliphatic heterocycles. The number of hydrogen-bond donors (Lipinski definition) is 1. The van der Waals surface area contributed by atoms with Gasteiger partial charge in [-0.15, -0.1) is 0 Å². The highest BCUT2D eigenvalue weighted by molar-refractivity contribution is 5.69. The normalized spacial score (nSPS) is 24.9. The van der Waals surface area contributed by atoms with Gasteiger partial charge in [0.05, 0.1) is 0 Å². The summed E-state index contributed by atoms with van der Waals surface area (Å²) in [5.41, 5.74) is 9.49. The summed E-state index contributed by atoms with van der Waals surface area (Å²) in [6.07, 6.45) is 12.8. The minimum Gasteiger partial charge on any atom is -0.358 e. The van der Waals surface area contributed by atoms with Crippen LogP contribution >= 0.6 is 0 Å². The van der Waals surface area contributed by atoms with Gasteiger partial charge in [0.15, 0.2) is 0 Å². The minimum atomic E-state index is 0.119. The Morgan fingerprint density at radius 3 is 2.69 bits per heavy atom. The molecule has 2 fully saturated rings. The molecule has 190 valence electrons. The third kappa shape index (κ3) is 4.08. The molecule has 0 unspecified atom stereocenters. The second kappa shape index (κ2) is 9.37. The first-order chi connectivity index (χ1) is 17.5. The van der Waals surface area contributed by atoms with Crippen LogP contribution in [0.15, 0.2) is 55.0 Å². The molecule has 1 spiro atoms. The third-order valence-electron chi connectivity index (χ3n) is 9.61. The summed E-state index contributed by atoms with van der Waals surface area (Å²) >= 11 is 0. The first-order valence-corrected chi connectivity index (χ1v) is 14.2. The first-order valence-electron chi connectivity index (χ1n) is 14.2. The zero-order chi connectivity index (χ0) is 24.9. The first kappa shape index (κ1) is 23.8. The number of allylic oxidation sites excluding steroid dienone is 2. The fourth-order valence-electron chi connectivity index (χ4n) is 7.16. The van der Waals surface area contributed by atoms with Gasteiger partial charge in [0, 0.05) is 34.7 Å². The maximum atomic E-state index is 4.99. The predicted octanol–water partition coefficient (Wildman–Crippen LogP) is 6.75. The molecular formula is C32H42N4. The molecule has 2 aromatic rings. The Hall–Kier alpha value is -2.59. The van der Waals surface area contributed by atoms with E-state index in [1.54, 1.807) is 0 Å². The van der Waals surface area contributed by atoms with Crippen LogP contribution in [0.25, 0.3) is 0 Å². The molecule has 1 N–H and O–H groups in total. The third-order valence-corrected chi connectivity index (χ3v) is 9.61. The van der Waals surface area contributed by atoms with Crippen LogP contribution in [0, 0.1) is 12.8 Å². The quantitative estimate of drug-likeness (QED) is 0.493. The molecule has 4 nitrogen and oxygen atoms in total. The van der Waals surface area contributed by atoms with Crippen LogP contribution in [0.5, 0.6) is 0 Å². The summed E-state index contributed by atoms with van der Waals surface area (Å²) in [4.78, 5) is 10.1. The van der Waals surface area contributed by atoms with Gasteiger partial charge in [0.1, 0.15) is 5.82 Å². The number of likely N-dealkylation sites (tertiary alicyclic amines) is 1. The highest BCUT2D eigenvalue weighted by Gasteiger charge is 2.44. The van der Waals surface area contributed by atoms with Gasteiger partial charge in [-0.3, -0.25) is 0 Å². The molecule has 1 aliphatic carbocycles. The van der Waals surface area contributed by atoms with Crippen molar-refractivity contribution >= 4 is 11.5 Å². The molecule has 0 bridgehead atoms. The van der Waals surface area contributed by atoms with Crippen LogP contribution in [0.1, 0.15) is 74.1 Å². The number of aryl methyl sites for hydroxylation is 3. The van der Waals surface area contributed by atoms with E-state index in [0.717, 1.165) is 57.7 Å². The number of rotatable bonds is 6. The number of hydrogen-bond acceptors (Lipinski definition) is 4. The van der Waals surface area contributed by atoms with Gasteiger partial charge in [-0.1, -0.05) is 50.3 Å². The standard InChI is InChI=1S/C32H42N4/c1-5-25-19-28(20-25)36-23(3)9-10-27-18-26(21-33-31(27)36)7-6-14-35-15-12-32(13-16-35)24(4)34-30-11-8-22(2)17-29(30)32/h8,11,17-18,21,25,28,34H,3-7,9-10,12-16,19-20H2,1-2H3. The van der Waals surface area contributed by atoms with Gasteiger partial charge in [-0.2, -0.15) is 0 Å². The van der Waals surface area contributed by atoms with Crippen molar-refractivity contribution in [2.75, 3.05) is 29.9 Å². The lowest BCUT2D eigenvalue weighted by Crippen LogP contribution is -2.46. The molecule has 1 aromatic heterocycles.